The van der Waals surface area contributed by atoms with E-state index >= 15 is 0 Å². The minimum Gasteiger partial charge on any atom is -0.392 e. The molecule has 0 saturated carbocycles. The molecule has 0 radical (unpaired) electrons. The number of nitrogens with one attached hydrogen (secondary N) is 4. The van der Waals surface area contributed by atoms with Crippen molar-refractivity contribution in [2.45, 2.75) is 67.2 Å². The van der Waals surface area contributed by atoms with Gasteiger partial charge in [-0.05, 0) is 93.9 Å². The second-order valence-corrected chi connectivity index (χ2v) is 10.6. The van der Waals surface area contributed by atoms with Gasteiger partial charge in [-0.3, -0.25) is 4.99 Å². The average Bonchev–Trinajstić information content (AvgIpc) is 3.78. The Morgan fingerprint density at radius 1 is 0.917 bits per heavy atom. The van der Waals surface area contributed by atoms with E-state index in [4.69, 9.17) is 9.98 Å². The fraction of sp³-hybridized carbons (Fsp3) is 0.366. The zero-order valence-corrected chi connectivity index (χ0v) is 30.6. The van der Waals surface area contributed by atoms with Gasteiger partial charge < -0.3 is 26.7 Å². The van der Waals surface area contributed by atoms with Gasteiger partial charge in [0.2, 0.25) is 0 Å². The molecule has 1 aliphatic heterocycles. The molecule has 7 nitrogen and oxygen atoms in total. The maximum Gasteiger partial charge on any atom is 0.107 e. The predicted molar refractivity (Wildman–Crippen MR) is 213 cm³/mol. The molecule has 2 heterocycles. The Labute approximate surface area is 291 Å². The number of fused-ring (bicyclic) bond motifs is 1. The van der Waals surface area contributed by atoms with E-state index in [0.29, 0.717) is 0 Å². The summed E-state index contributed by atoms with van der Waals surface area (Å²) in [5.74, 6) is 1.04. The topological polar surface area (TPSA) is 103 Å². The normalized spacial score (nSPS) is 11.1. The molecule has 48 heavy (non-hydrogen) atoms. The summed E-state index contributed by atoms with van der Waals surface area (Å²) in [6.45, 7) is 23.0. The lowest BCUT2D eigenvalue weighted by molar-refractivity contribution is 0.687. The van der Waals surface area contributed by atoms with Crippen molar-refractivity contribution in [3.05, 3.63) is 126 Å². The van der Waals surface area contributed by atoms with E-state index in [-0.39, 0.29) is 0 Å². The molecule has 0 atom stereocenters. The van der Waals surface area contributed by atoms with Gasteiger partial charge >= 0.3 is 0 Å². The number of benzene rings is 3. The first-order valence-corrected chi connectivity index (χ1v) is 17.4. The second-order valence-electron chi connectivity index (χ2n) is 10.6. The summed E-state index contributed by atoms with van der Waals surface area (Å²) in [6, 6.07) is 23.5. The molecule has 6 N–H and O–H groups in total. The van der Waals surface area contributed by atoms with Gasteiger partial charge in [0, 0.05) is 49.9 Å². The van der Waals surface area contributed by atoms with Crippen LogP contribution in [0.2, 0.25) is 0 Å². The maximum absolute atomic E-state index is 4.82. The Morgan fingerprint density at radius 2 is 1.65 bits per heavy atom. The van der Waals surface area contributed by atoms with Gasteiger partial charge in [0.15, 0.2) is 0 Å². The Hall–Kier alpha value is -4.46. The van der Waals surface area contributed by atoms with Crippen LogP contribution in [-0.2, 0) is 12.8 Å². The Balaban J connectivity index is 0.000000843. The lowest BCUT2D eigenvalue weighted by Crippen LogP contribution is -2.23. The van der Waals surface area contributed by atoms with Crippen molar-refractivity contribution in [1.82, 2.24) is 20.6 Å². The number of anilines is 1. The van der Waals surface area contributed by atoms with Crippen LogP contribution < -0.4 is 21.7 Å². The molecule has 0 fully saturated rings. The number of nitrogens with two attached hydrogens (primary N) is 1. The van der Waals surface area contributed by atoms with Crippen LogP contribution in [0.25, 0.3) is 16.6 Å². The van der Waals surface area contributed by atoms with Gasteiger partial charge in [0.25, 0.3) is 0 Å². The summed E-state index contributed by atoms with van der Waals surface area (Å²) in [5, 5.41) is 9.90. The molecule has 1 aliphatic rings. The number of imidazole rings is 1. The van der Waals surface area contributed by atoms with Crippen molar-refractivity contribution in [2.24, 2.45) is 10.7 Å². The van der Waals surface area contributed by atoms with Crippen LogP contribution >= 0.6 is 0 Å². The third-order valence-corrected chi connectivity index (χ3v) is 7.17. The molecule has 0 bridgehead atoms. The first-order chi connectivity index (χ1) is 23.5. The standard InChI is InChI=1S/C31H35N5.C4H9N.C3H6.C2H6.CH5N/c1-3-16-32-17-18-33-27-11-7-10-26(22(27)2)29-20-25(21-34-29)24-13-14-28-30(19-24)36-31(35-28)15-12-23-8-5-4-6-9-23;1-3-5-4-2;1-3-2;2*1-2/h4-11,13-14,19,21,32-33H,3,12,15-18,20H2,1-2H3,(H,35,36);3,5H,1,4H2,2H3;3H,1H2,2H3;1-2H3;2H2,1H3. The molecule has 5 rings (SSSR count). The monoisotopic (exact) mass is 651 g/mol. The Bertz CT molecular complexity index is 1520. The van der Waals surface area contributed by atoms with Crippen molar-refractivity contribution in [2.75, 3.05) is 38.5 Å². The predicted octanol–water partition coefficient (Wildman–Crippen LogP) is 8.83. The molecule has 0 amide bonds. The van der Waals surface area contributed by atoms with Crippen molar-refractivity contribution in [3.8, 4) is 0 Å². The highest BCUT2D eigenvalue weighted by molar-refractivity contribution is 6.10. The van der Waals surface area contributed by atoms with Gasteiger partial charge in [-0.1, -0.05) is 82.0 Å². The number of hydrogen-bond acceptors (Lipinski definition) is 6. The average molecular weight is 652 g/mol. The van der Waals surface area contributed by atoms with Gasteiger partial charge in [-0.15, -0.1) is 6.58 Å². The minimum absolute atomic E-state index is 0.836. The number of allylic oxidation sites excluding steroid dienone is 2. The van der Waals surface area contributed by atoms with Gasteiger partial charge in [-0.2, -0.15) is 0 Å². The molecule has 4 aromatic rings. The molecular weight excluding hydrogens is 591 g/mol. The zero-order chi connectivity index (χ0) is 35.6. The second kappa shape index (κ2) is 25.6. The number of aryl methyl sites for hydroxylation is 2. The van der Waals surface area contributed by atoms with Crippen molar-refractivity contribution >= 4 is 28.0 Å². The van der Waals surface area contributed by atoms with Gasteiger partial charge in [-0.25, -0.2) is 4.98 Å². The third-order valence-electron chi connectivity index (χ3n) is 7.17. The first-order valence-electron chi connectivity index (χ1n) is 17.4. The largest absolute Gasteiger partial charge is 0.392 e. The van der Waals surface area contributed by atoms with E-state index in [1.807, 2.05) is 33.9 Å². The fourth-order valence-electron chi connectivity index (χ4n) is 4.93. The minimum atomic E-state index is 0.836. The number of aliphatic imine (C=N–C) groups is 1. The van der Waals surface area contributed by atoms with Gasteiger partial charge in [0.1, 0.15) is 5.82 Å². The van der Waals surface area contributed by atoms with E-state index in [0.717, 1.165) is 74.4 Å². The summed E-state index contributed by atoms with van der Waals surface area (Å²) in [4.78, 5) is 13.2. The highest BCUT2D eigenvalue weighted by Crippen LogP contribution is 2.30. The van der Waals surface area contributed by atoms with Crippen LogP contribution in [0.3, 0.4) is 0 Å². The molecule has 0 spiro atoms. The van der Waals surface area contributed by atoms with Crippen molar-refractivity contribution < 1.29 is 0 Å². The number of aromatic amines is 1. The maximum atomic E-state index is 4.82. The van der Waals surface area contributed by atoms with Crippen LogP contribution in [0.15, 0.2) is 103 Å². The fourth-order valence-corrected chi connectivity index (χ4v) is 4.93. The molecule has 7 heteroatoms. The summed E-state index contributed by atoms with van der Waals surface area (Å²) in [7, 11) is 1.50. The number of H-pyrrole nitrogens is 1. The molecule has 0 aliphatic carbocycles. The molecule has 0 saturated heterocycles. The number of aromatic nitrogens is 2. The lowest BCUT2D eigenvalue weighted by Gasteiger charge is -2.14. The highest BCUT2D eigenvalue weighted by atomic mass is 14.9. The van der Waals surface area contributed by atoms with Crippen LogP contribution in [0.5, 0.6) is 0 Å². The summed E-state index contributed by atoms with van der Waals surface area (Å²) in [6.07, 6.45) is 9.34. The van der Waals surface area contributed by atoms with Crippen LogP contribution in [-0.4, -0.2) is 48.9 Å². The first kappa shape index (κ1) is 41.6. The molecule has 260 valence electrons. The number of nitrogens with zero attached hydrogens (tertiary/aromatic N) is 2. The summed E-state index contributed by atoms with van der Waals surface area (Å²) < 4.78 is 0. The van der Waals surface area contributed by atoms with E-state index < -0.39 is 0 Å². The van der Waals surface area contributed by atoms with Crippen LogP contribution in [0.4, 0.5) is 5.69 Å². The molecule has 1 aromatic heterocycles. The van der Waals surface area contributed by atoms with E-state index in [2.05, 4.69) is 120 Å². The van der Waals surface area contributed by atoms with Crippen molar-refractivity contribution in [1.29, 1.82) is 0 Å². The van der Waals surface area contributed by atoms with E-state index in [1.165, 1.54) is 40.6 Å². The molecular formula is C41H61N7. The third kappa shape index (κ3) is 14.1. The van der Waals surface area contributed by atoms with E-state index in [9.17, 15) is 0 Å². The number of rotatable bonds is 13. The smallest absolute Gasteiger partial charge is 0.107 e. The zero-order valence-electron chi connectivity index (χ0n) is 30.6. The van der Waals surface area contributed by atoms with Crippen LogP contribution in [0.1, 0.15) is 75.5 Å². The SMILES string of the molecule is C=CC.C=CNCC.CC.CCCNCCNc1cccc(C2=NC=C(c3ccc4nc(CCc5ccccc5)[nH]c4c3)C2)c1C.CN. The summed E-state index contributed by atoms with van der Waals surface area (Å²) in [5.41, 5.74) is 15.2. The summed E-state index contributed by atoms with van der Waals surface area (Å²) >= 11 is 0. The highest BCUT2D eigenvalue weighted by Gasteiger charge is 2.17. The quantitative estimate of drug-likeness (QED) is 0.0734. The Morgan fingerprint density at radius 3 is 2.29 bits per heavy atom. The van der Waals surface area contributed by atoms with E-state index in [1.54, 1.807) is 12.3 Å². The Kier molecular flexibility index (Phi) is 22.2. The molecule has 3 aromatic carbocycles. The van der Waals surface area contributed by atoms with Crippen molar-refractivity contribution in [3.63, 3.8) is 0 Å². The number of hydrogen-bond donors (Lipinski definition) is 5. The van der Waals surface area contributed by atoms with Crippen LogP contribution in [0, 0.1) is 6.92 Å². The lowest BCUT2D eigenvalue weighted by atomic mass is 9.96. The van der Waals surface area contributed by atoms with Gasteiger partial charge in [0.05, 0.1) is 16.7 Å². The molecule has 0 unspecified atom stereocenters.